The lowest BCUT2D eigenvalue weighted by atomic mass is 10.1. The van der Waals surface area contributed by atoms with Crippen molar-refractivity contribution in [2.45, 2.75) is 0 Å². The Morgan fingerprint density at radius 2 is 1.96 bits per heavy atom. The predicted molar refractivity (Wildman–Crippen MR) is 94.9 cm³/mol. The van der Waals surface area contributed by atoms with E-state index in [9.17, 15) is 4.79 Å². The number of nitrogens with zero attached hydrogens (tertiary/aromatic N) is 3. The largest absolute Gasteiger partial charge is 0.465 e. The van der Waals surface area contributed by atoms with Crippen LogP contribution in [-0.4, -0.2) is 37.1 Å². The minimum absolute atomic E-state index is 0.404. The molecule has 2 heterocycles. The van der Waals surface area contributed by atoms with E-state index < -0.39 is 5.97 Å². The van der Waals surface area contributed by atoms with Crippen LogP contribution < -0.4 is 10.2 Å². The topological polar surface area (TPSA) is 67.3 Å². The molecule has 1 aromatic carbocycles. The molecule has 0 amide bonds. The Balaban J connectivity index is 1.94. The monoisotopic (exact) mass is 322 g/mol. The Kier molecular flexibility index (Phi) is 4.29. The Morgan fingerprint density at radius 3 is 2.62 bits per heavy atom. The average molecular weight is 322 g/mol. The molecule has 0 bridgehead atoms. The quantitative estimate of drug-likeness (QED) is 0.744. The number of hydrogen-bond acceptors (Lipinski definition) is 6. The van der Waals surface area contributed by atoms with Crippen molar-refractivity contribution in [2.24, 2.45) is 0 Å². The summed E-state index contributed by atoms with van der Waals surface area (Å²) in [4.78, 5) is 22.2. The molecule has 6 heteroatoms. The normalized spacial score (nSPS) is 10.5. The third-order valence-corrected chi connectivity index (χ3v) is 3.69. The molecule has 0 atom stereocenters. The zero-order chi connectivity index (χ0) is 17.1. The van der Waals surface area contributed by atoms with Crippen molar-refractivity contribution in [3.8, 4) is 0 Å². The van der Waals surface area contributed by atoms with Crippen LogP contribution in [0.5, 0.6) is 0 Å². The molecule has 1 N–H and O–H groups in total. The number of rotatable bonds is 4. The fraction of sp³-hybridized carbons (Fsp3) is 0.167. The van der Waals surface area contributed by atoms with Gasteiger partial charge in [-0.15, -0.1) is 0 Å². The number of aromatic nitrogens is 2. The van der Waals surface area contributed by atoms with Crippen LogP contribution in [0.2, 0.25) is 0 Å². The lowest BCUT2D eigenvalue weighted by Crippen LogP contribution is -2.08. The van der Waals surface area contributed by atoms with Crippen molar-refractivity contribution < 1.29 is 9.53 Å². The molecular formula is C18H18N4O2. The molecule has 0 aliphatic carbocycles. The Hall–Kier alpha value is -3.15. The van der Waals surface area contributed by atoms with Gasteiger partial charge in [0, 0.05) is 37.6 Å². The van der Waals surface area contributed by atoms with Crippen LogP contribution in [0, 0.1) is 0 Å². The molecule has 24 heavy (non-hydrogen) atoms. The fourth-order valence-electron chi connectivity index (χ4n) is 2.37. The second-order valence-electron chi connectivity index (χ2n) is 5.50. The van der Waals surface area contributed by atoms with Crippen LogP contribution in [0.1, 0.15) is 10.4 Å². The summed E-state index contributed by atoms with van der Waals surface area (Å²) in [6.45, 7) is 0. The molecule has 3 rings (SSSR count). The molecule has 0 radical (unpaired) electrons. The van der Waals surface area contributed by atoms with Crippen LogP contribution in [-0.2, 0) is 4.74 Å². The number of carbonyl (C=O) groups is 1. The maximum Gasteiger partial charge on any atom is 0.339 e. The summed E-state index contributed by atoms with van der Waals surface area (Å²) in [7, 11) is 5.34. The number of benzene rings is 1. The fourth-order valence-corrected chi connectivity index (χ4v) is 2.37. The van der Waals surface area contributed by atoms with Gasteiger partial charge in [0.1, 0.15) is 5.82 Å². The van der Waals surface area contributed by atoms with E-state index in [1.54, 1.807) is 18.3 Å². The van der Waals surface area contributed by atoms with Crippen LogP contribution in [0.3, 0.4) is 0 Å². The first kappa shape index (κ1) is 15.7. The van der Waals surface area contributed by atoms with Gasteiger partial charge in [0.25, 0.3) is 0 Å². The Bertz CT molecular complexity index is 876. The van der Waals surface area contributed by atoms with Gasteiger partial charge in [-0.05, 0) is 36.4 Å². The third kappa shape index (κ3) is 3.12. The van der Waals surface area contributed by atoms with Crippen molar-refractivity contribution >= 4 is 34.1 Å². The van der Waals surface area contributed by atoms with Gasteiger partial charge in [-0.1, -0.05) is 0 Å². The van der Waals surface area contributed by atoms with Gasteiger partial charge in [-0.25, -0.2) is 9.78 Å². The van der Waals surface area contributed by atoms with Crippen molar-refractivity contribution in [3.05, 3.63) is 54.4 Å². The lowest BCUT2D eigenvalue weighted by molar-refractivity contribution is 0.0600. The summed E-state index contributed by atoms with van der Waals surface area (Å²) in [5, 5.41) is 4.28. The van der Waals surface area contributed by atoms with E-state index in [1.807, 2.05) is 37.2 Å². The second kappa shape index (κ2) is 6.54. The number of pyridine rings is 2. The SMILES string of the molecule is COC(=O)c1ccc(Nc2ccnc3ccc(N(C)C)cc23)nc1. The Morgan fingerprint density at radius 1 is 1.12 bits per heavy atom. The van der Waals surface area contributed by atoms with Crippen molar-refractivity contribution in [1.29, 1.82) is 0 Å². The number of nitrogens with one attached hydrogen (secondary N) is 1. The van der Waals surface area contributed by atoms with Gasteiger partial charge in [-0.3, -0.25) is 4.98 Å². The first-order valence-electron chi connectivity index (χ1n) is 7.46. The summed E-state index contributed by atoms with van der Waals surface area (Å²) in [5.41, 5.74) is 3.31. The molecule has 0 saturated carbocycles. The number of carbonyl (C=O) groups excluding carboxylic acids is 1. The van der Waals surface area contributed by atoms with E-state index in [2.05, 4.69) is 26.1 Å². The van der Waals surface area contributed by atoms with Gasteiger partial charge in [0.2, 0.25) is 0 Å². The number of fused-ring (bicyclic) bond motifs is 1. The zero-order valence-electron chi connectivity index (χ0n) is 13.8. The highest BCUT2D eigenvalue weighted by Crippen LogP contribution is 2.27. The standard InChI is InChI=1S/C18H18N4O2/c1-22(2)13-5-6-15-14(10-13)16(8-9-19-15)21-17-7-4-12(11-20-17)18(23)24-3/h4-11H,1-3H3,(H,19,20,21). The molecule has 6 nitrogen and oxygen atoms in total. The van der Waals surface area contributed by atoms with Gasteiger partial charge in [0.15, 0.2) is 0 Å². The number of ether oxygens (including phenoxy) is 1. The molecule has 0 aliphatic rings. The first-order valence-corrected chi connectivity index (χ1v) is 7.46. The predicted octanol–water partition coefficient (Wildman–Crippen LogP) is 3.23. The molecule has 0 unspecified atom stereocenters. The third-order valence-electron chi connectivity index (χ3n) is 3.69. The van der Waals surface area contributed by atoms with Crippen molar-refractivity contribution in [1.82, 2.24) is 9.97 Å². The maximum absolute atomic E-state index is 11.5. The zero-order valence-corrected chi connectivity index (χ0v) is 13.8. The lowest BCUT2D eigenvalue weighted by Gasteiger charge is -2.15. The van der Waals surface area contributed by atoms with Crippen LogP contribution in [0.15, 0.2) is 48.8 Å². The van der Waals surface area contributed by atoms with E-state index in [-0.39, 0.29) is 0 Å². The molecule has 0 fully saturated rings. The molecule has 0 saturated heterocycles. The smallest absolute Gasteiger partial charge is 0.339 e. The second-order valence-corrected chi connectivity index (χ2v) is 5.50. The molecule has 0 spiro atoms. The molecule has 3 aromatic rings. The summed E-state index contributed by atoms with van der Waals surface area (Å²) < 4.78 is 4.68. The van der Waals surface area contributed by atoms with E-state index in [0.717, 1.165) is 22.3 Å². The Labute approximate surface area is 140 Å². The number of hydrogen-bond donors (Lipinski definition) is 1. The van der Waals surface area contributed by atoms with Crippen molar-refractivity contribution in [3.63, 3.8) is 0 Å². The average Bonchev–Trinajstić information content (AvgIpc) is 2.61. The minimum Gasteiger partial charge on any atom is -0.465 e. The highest BCUT2D eigenvalue weighted by Gasteiger charge is 2.08. The summed E-state index contributed by atoms with van der Waals surface area (Å²) in [6, 6.07) is 11.4. The number of anilines is 3. The molecular weight excluding hydrogens is 304 g/mol. The number of methoxy groups -OCH3 is 1. The summed E-state index contributed by atoms with van der Waals surface area (Å²) in [5.74, 6) is 0.240. The van der Waals surface area contributed by atoms with E-state index in [0.29, 0.717) is 11.4 Å². The highest BCUT2D eigenvalue weighted by atomic mass is 16.5. The highest BCUT2D eigenvalue weighted by molar-refractivity contribution is 5.95. The van der Waals surface area contributed by atoms with E-state index >= 15 is 0 Å². The van der Waals surface area contributed by atoms with Crippen molar-refractivity contribution in [2.75, 3.05) is 31.4 Å². The van der Waals surface area contributed by atoms with E-state index in [1.165, 1.54) is 13.3 Å². The molecule has 122 valence electrons. The van der Waals surface area contributed by atoms with Gasteiger partial charge >= 0.3 is 5.97 Å². The first-order chi connectivity index (χ1) is 11.6. The minimum atomic E-state index is -0.404. The maximum atomic E-state index is 11.5. The molecule has 2 aromatic heterocycles. The van der Waals surface area contributed by atoms with Crippen LogP contribution in [0.25, 0.3) is 10.9 Å². The van der Waals surface area contributed by atoms with Gasteiger partial charge in [-0.2, -0.15) is 0 Å². The summed E-state index contributed by atoms with van der Waals surface area (Å²) in [6.07, 6.45) is 3.24. The molecule has 0 aliphatic heterocycles. The van der Waals surface area contributed by atoms with E-state index in [4.69, 9.17) is 0 Å². The van der Waals surface area contributed by atoms with Gasteiger partial charge in [0.05, 0.1) is 23.9 Å². The number of esters is 1. The van der Waals surface area contributed by atoms with Crippen LogP contribution in [0.4, 0.5) is 17.2 Å². The summed E-state index contributed by atoms with van der Waals surface area (Å²) >= 11 is 0. The van der Waals surface area contributed by atoms with Gasteiger partial charge < -0.3 is 15.0 Å². The van der Waals surface area contributed by atoms with Crippen LogP contribution >= 0.6 is 0 Å².